The molecule has 0 bridgehead atoms. The van der Waals surface area contributed by atoms with E-state index < -0.39 is 7.26 Å². The van der Waals surface area contributed by atoms with Gasteiger partial charge in [0, 0.05) is 12.8 Å². The molecule has 0 aromatic heterocycles. The molecule has 0 spiro atoms. The van der Waals surface area contributed by atoms with Gasteiger partial charge in [-0.2, -0.15) is 0 Å². The summed E-state index contributed by atoms with van der Waals surface area (Å²) in [5.41, 5.74) is 2.29. The highest BCUT2D eigenvalue weighted by atomic mass is 31.2. The van der Waals surface area contributed by atoms with Crippen LogP contribution < -0.4 is 0 Å². The molecule has 0 amide bonds. The predicted molar refractivity (Wildman–Crippen MR) is 121 cm³/mol. The van der Waals surface area contributed by atoms with E-state index in [0.717, 1.165) is 18.1 Å². The lowest BCUT2D eigenvalue weighted by atomic mass is 9.97. The normalized spacial score (nSPS) is 13.0. The lowest BCUT2D eigenvalue weighted by Gasteiger charge is -2.27. The lowest BCUT2D eigenvalue weighted by Crippen LogP contribution is -2.19. The van der Waals surface area contributed by atoms with Crippen LogP contribution in [0.25, 0.3) is 0 Å². The summed E-state index contributed by atoms with van der Waals surface area (Å²) in [7, 11) is -1.15. The summed E-state index contributed by atoms with van der Waals surface area (Å²) in [6.07, 6.45) is 13.6. The number of hydrogen-bond donors (Lipinski definition) is 0. The minimum Gasteiger partial charge on any atom is -0.290 e. The maximum absolute atomic E-state index is 13.1. The Balaban J connectivity index is 2.93. The fraction of sp³-hybridized carbons (Fsp3) is 0.708. The van der Waals surface area contributed by atoms with Crippen LogP contribution in [-0.4, -0.2) is 30.4 Å². The largest absolute Gasteiger partial charge is 0.290 e. The number of hydrogen-bond acceptors (Lipinski definition) is 1. The van der Waals surface area contributed by atoms with Gasteiger partial charge in [0.15, 0.2) is 5.78 Å². The quantitative estimate of drug-likeness (QED) is 0.239. The number of carbonyl (C=O) groups excluding carboxylic acids is 1. The van der Waals surface area contributed by atoms with E-state index in [-0.39, 0.29) is 0 Å². The Kier molecular flexibility index (Phi) is 11.4. The van der Waals surface area contributed by atoms with Crippen molar-refractivity contribution in [2.45, 2.75) is 85.5 Å². The van der Waals surface area contributed by atoms with Gasteiger partial charge < -0.3 is 0 Å². The first-order chi connectivity index (χ1) is 12.5. The molecule has 1 unspecified atom stereocenters. The van der Waals surface area contributed by atoms with E-state index in [1.165, 1.54) is 62.6 Å². The number of ketones is 1. The Morgan fingerprint density at radius 3 is 1.69 bits per heavy atom. The molecule has 2 heteroatoms. The maximum atomic E-state index is 13.1. The van der Waals surface area contributed by atoms with Crippen molar-refractivity contribution < 1.29 is 4.79 Å². The average Bonchev–Trinajstić information content (AvgIpc) is 2.68. The van der Waals surface area contributed by atoms with Crippen LogP contribution in [0.4, 0.5) is 0 Å². The van der Waals surface area contributed by atoms with Gasteiger partial charge in [0.05, 0.1) is 18.5 Å². The van der Waals surface area contributed by atoms with Crippen LogP contribution in [0.15, 0.2) is 24.3 Å². The molecule has 0 aliphatic carbocycles. The molecule has 0 aliphatic heterocycles. The molecule has 0 saturated heterocycles. The van der Waals surface area contributed by atoms with Gasteiger partial charge in [-0.05, 0) is 37.2 Å². The number of unbranched alkanes of at least 4 members (excludes halogenated alkanes) is 3. The Morgan fingerprint density at radius 2 is 1.31 bits per heavy atom. The second kappa shape index (κ2) is 12.7. The van der Waals surface area contributed by atoms with E-state index in [9.17, 15) is 4.79 Å². The SMILES string of the molecule is CCCC[P+](CCCC)(CCCC)CC(=O)c1ccc(C(C)CC)cc1. The van der Waals surface area contributed by atoms with E-state index in [2.05, 4.69) is 58.9 Å². The van der Waals surface area contributed by atoms with Gasteiger partial charge in [0.1, 0.15) is 6.16 Å². The average molecular weight is 378 g/mol. The van der Waals surface area contributed by atoms with E-state index in [4.69, 9.17) is 0 Å². The van der Waals surface area contributed by atoms with E-state index in [1.54, 1.807) is 0 Å². The molecule has 1 nitrogen and oxygen atoms in total. The summed E-state index contributed by atoms with van der Waals surface area (Å²) in [6.45, 7) is 11.3. The van der Waals surface area contributed by atoms with Crippen LogP contribution in [0, 0.1) is 0 Å². The number of benzene rings is 1. The molecule has 148 valence electrons. The highest BCUT2D eigenvalue weighted by Crippen LogP contribution is 2.61. The van der Waals surface area contributed by atoms with Gasteiger partial charge in [0.25, 0.3) is 0 Å². The van der Waals surface area contributed by atoms with Crippen LogP contribution >= 0.6 is 7.26 Å². The predicted octanol–water partition coefficient (Wildman–Crippen LogP) is 7.80. The van der Waals surface area contributed by atoms with Crippen molar-refractivity contribution in [3.8, 4) is 0 Å². The monoisotopic (exact) mass is 377 g/mol. The molecular formula is C24H42OP+. The molecule has 1 rings (SSSR count). The van der Waals surface area contributed by atoms with Crippen molar-refractivity contribution in [3.05, 3.63) is 35.4 Å². The Bertz CT molecular complexity index is 484. The van der Waals surface area contributed by atoms with Crippen molar-refractivity contribution in [2.75, 3.05) is 24.6 Å². The molecule has 0 N–H and O–H groups in total. The molecule has 0 heterocycles. The zero-order chi connectivity index (χ0) is 19.4. The van der Waals surface area contributed by atoms with Gasteiger partial charge in [-0.15, -0.1) is 0 Å². The van der Waals surface area contributed by atoms with Gasteiger partial charge in [0.2, 0.25) is 0 Å². The smallest absolute Gasteiger partial charge is 0.199 e. The molecular weight excluding hydrogens is 335 g/mol. The topological polar surface area (TPSA) is 17.1 Å². The van der Waals surface area contributed by atoms with Crippen LogP contribution in [-0.2, 0) is 0 Å². The Hall–Kier alpha value is -0.680. The second-order valence-corrected chi connectivity index (χ2v) is 12.4. The molecule has 1 atom stereocenters. The number of rotatable bonds is 14. The third kappa shape index (κ3) is 7.51. The third-order valence-electron chi connectivity index (χ3n) is 5.85. The van der Waals surface area contributed by atoms with Crippen LogP contribution in [0.5, 0.6) is 0 Å². The van der Waals surface area contributed by atoms with Crippen molar-refractivity contribution in [1.29, 1.82) is 0 Å². The second-order valence-electron chi connectivity index (χ2n) is 8.09. The highest BCUT2D eigenvalue weighted by molar-refractivity contribution is 7.76. The standard InChI is InChI=1S/C24H42OP/c1-6-10-17-26(18-11-7-2,19-12-8-3)20-24(25)23-15-13-22(14-16-23)21(5)9-4/h13-16,21H,6-12,17-20H2,1-5H3/q+1. The maximum Gasteiger partial charge on any atom is 0.199 e. The van der Waals surface area contributed by atoms with Gasteiger partial charge in [-0.1, -0.05) is 78.1 Å². The number of Topliss-reactive ketones (excluding diaryl/α,β-unsaturated/α-hetero) is 1. The molecule has 1 aromatic carbocycles. The summed E-state index contributed by atoms with van der Waals surface area (Å²) in [5, 5.41) is 0. The molecule has 0 radical (unpaired) electrons. The summed E-state index contributed by atoms with van der Waals surface area (Å²) in [5.74, 6) is 0.974. The van der Waals surface area contributed by atoms with Crippen LogP contribution in [0.3, 0.4) is 0 Å². The first kappa shape index (κ1) is 23.4. The van der Waals surface area contributed by atoms with Crippen molar-refractivity contribution >= 4 is 13.0 Å². The summed E-state index contributed by atoms with van der Waals surface area (Å²) < 4.78 is 0. The zero-order valence-electron chi connectivity index (χ0n) is 18.0. The third-order valence-corrected chi connectivity index (χ3v) is 10.6. The summed E-state index contributed by atoms with van der Waals surface area (Å²) >= 11 is 0. The molecule has 0 aliphatic rings. The van der Waals surface area contributed by atoms with Crippen molar-refractivity contribution in [1.82, 2.24) is 0 Å². The first-order valence-corrected chi connectivity index (χ1v) is 13.5. The minimum atomic E-state index is -1.15. The molecule has 0 saturated carbocycles. The zero-order valence-corrected chi connectivity index (χ0v) is 18.9. The van der Waals surface area contributed by atoms with Gasteiger partial charge in [-0.3, -0.25) is 4.79 Å². The summed E-state index contributed by atoms with van der Waals surface area (Å²) in [4.78, 5) is 13.1. The van der Waals surface area contributed by atoms with E-state index in [1.807, 2.05) is 0 Å². The molecule has 1 aromatic rings. The molecule has 26 heavy (non-hydrogen) atoms. The highest BCUT2D eigenvalue weighted by Gasteiger charge is 2.38. The lowest BCUT2D eigenvalue weighted by molar-refractivity contribution is 0.102. The van der Waals surface area contributed by atoms with Crippen LogP contribution in [0.2, 0.25) is 0 Å². The van der Waals surface area contributed by atoms with Crippen molar-refractivity contribution in [2.24, 2.45) is 0 Å². The fourth-order valence-corrected chi connectivity index (χ4v) is 8.58. The molecule has 0 fully saturated rings. The van der Waals surface area contributed by atoms with Gasteiger partial charge in [-0.25, -0.2) is 0 Å². The number of carbonyl (C=O) groups is 1. The fourth-order valence-electron chi connectivity index (χ4n) is 3.68. The van der Waals surface area contributed by atoms with E-state index in [0.29, 0.717) is 11.7 Å². The first-order valence-electron chi connectivity index (χ1n) is 11.0. The van der Waals surface area contributed by atoms with E-state index >= 15 is 0 Å². The Labute approximate surface area is 163 Å². The van der Waals surface area contributed by atoms with Crippen LogP contribution in [0.1, 0.15) is 101 Å². The summed E-state index contributed by atoms with van der Waals surface area (Å²) in [6, 6.07) is 8.51. The Morgan fingerprint density at radius 1 is 0.846 bits per heavy atom. The minimum absolute atomic E-state index is 0.400. The van der Waals surface area contributed by atoms with Gasteiger partial charge >= 0.3 is 0 Å². The van der Waals surface area contributed by atoms with Crippen molar-refractivity contribution in [3.63, 3.8) is 0 Å².